The SMILES string of the molecule is COc1ccc(CN(C)Cc2scnc2C)cc1CN. The number of ether oxygens (including phenoxy) is 1. The van der Waals surface area contributed by atoms with E-state index in [0.29, 0.717) is 6.54 Å². The molecule has 0 amide bonds. The standard InChI is InChI=1S/C15H21N3OS/c1-11-15(20-10-17-11)9-18(2)8-12-4-5-14(19-3)13(6-12)7-16/h4-6,10H,7-9,16H2,1-3H3. The van der Waals surface area contributed by atoms with E-state index < -0.39 is 0 Å². The molecule has 108 valence electrons. The Morgan fingerprint density at radius 1 is 1.35 bits per heavy atom. The maximum atomic E-state index is 5.76. The molecule has 0 aliphatic rings. The summed E-state index contributed by atoms with van der Waals surface area (Å²) in [7, 11) is 3.79. The van der Waals surface area contributed by atoms with E-state index in [1.54, 1.807) is 18.4 Å². The predicted octanol–water partition coefficient (Wildman–Crippen LogP) is 2.55. The smallest absolute Gasteiger partial charge is 0.123 e. The van der Waals surface area contributed by atoms with Crippen molar-refractivity contribution in [3.05, 3.63) is 45.4 Å². The third-order valence-electron chi connectivity index (χ3n) is 3.28. The van der Waals surface area contributed by atoms with Crippen LogP contribution in [0.25, 0.3) is 0 Å². The molecule has 0 unspecified atom stereocenters. The fourth-order valence-electron chi connectivity index (χ4n) is 2.18. The van der Waals surface area contributed by atoms with Crippen LogP contribution in [-0.4, -0.2) is 24.0 Å². The van der Waals surface area contributed by atoms with Crippen LogP contribution >= 0.6 is 11.3 Å². The molecule has 0 bridgehead atoms. The van der Waals surface area contributed by atoms with Crippen LogP contribution in [0.2, 0.25) is 0 Å². The number of aryl methyl sites for hydroxylation is 1. The van der Waals surface area contributed by atoms with Crippen molar-refractivity contribution in [1.82, 2.24) is 9.88 Å². The highest BCUT2D eigenvalue weighted by Gasteiger charge is 2.08. The summed E-state index contributed by atoms with van der Waals surface area (Å²) in [4.78, 5) is 7.89. The van der Waals surface area contributed by atoms with Gasteiger partial charge >= 0.3 is 0 Å². The summed E-state index contributed by atoms with van der Waals surface area (Å²) in [6, 6.07) is 6.20. The summed E-state index contributed by atoms with van der Waals surface area (Å²) in [6.07, 6.45) is 0. The minimum atomic E-state index is 0.495. The van der Waals surface area contributed by atoms with E-state index in [4.69, 9.17) is 10.5 Å². The Hall–Kier alpha value is -1.43. The van der Waals surface area contributed by atoms with Crippen molar-refractivity contribution in [3.8, 4) is 5.75 Å². The maximum absolute atomic E-state index is 5.76. The molecule has 0 spiro atoms. The highest BCUT2D eigenvalue weighted by atomic mass is 32.1. The lowest BCUT2D eigenvalue weighted by atomic mass is 10.1. The average molecular weight is 291 g/mol. The highest BCUT2D eigenvalue weighted by Crippen LogP contribution is 2.21. The van der Waals surface area contributed by atoms with E-state index in [2.05, 4.69) is 36.0 Å². The summed E-state index contributed by atoms with van der Waals surface area (Å²) in [5.41, 5.74) is 11.1. The van der Waals surface area contributed by atoms with Crippen LogP contribution < -0.4 is 10.5 Å². The van der Waals surface area contributed by atoms with Gasteiger partial charge in [0.05, 0.1) is 18.3 Å². The number of hydrogen-bond donors (Lipinski definition) is 1. The van der Waals surface area contributed by atoms with Crippen LogP contribution in [0.1, 0.15) is 21.7 Å². The molecule has 4 nitrogen and oxygen atoms in total. The van der Waals surface area contributed by atoms with Crippen molar-refractivity contribution < 1.29 is 4.74 Å². The van der Waals surface area contributed by atoms with Gasteiger partial charge in [0, 0.05) is 30.1 Å². The Labute approximate surface area is 124 Å². The lowest BCUT2D eigenvalue weighted by molar-refractivity contribution is 0.320. The van der Waals surface area contributed by atoms with Crippen molar-refractivity contribution in [1.29, 1.82) is 0 Å². The van der Waals surface area contributed by atoms with Crippen LogP contribution in [0.4, 0.5) is 0 Å². The molecule has 0 fully saturated rings. The molecule has 0 aliphatic heterocycles. The Morgan fingerprint density at radius 2 is 2.15 bits per heavy atom. The van der Waals surface area contributed by atoms with Gasteiger partial charge < -0.3 is 10.5 Å². The van der Waals surface area contributed by atoms with Gasteiger partial charge in [0.25, 0.3) is 0 Å². The van der Waals surface area contributed by atoms with Crippen molar-refractivity contribution in [2.45, 2.75) is 26.6 Å². The normalized spacial score (nSPS) is 11.1. The van der Waals surface area contributed by atoms with Gasteiger partial charge in [0.2, 0.25) is 0 Å². The zero-order valence-corrected chi connectivity index (χ0v) is 13.0. The zero-order valence-electron chi connectivity index (χ0n) is 12.2. The van der Waals surface area contributed by atoms with E-state index in [1.165, 1.54) is 10.4 Å². The molecule has 2 rings (SSSR count). The van der Waals surface area contributed by atoms with Crippen LogP contribution in [-0.2, 0) is 19.6 Å². The van der Waals surface area contributed by atoms with Crippen LogP contribution in [0, 0.1) is 6.92 Å². The highest BCUT2D eigenvalue weighted by molar-refractivity contribution is 7.09. The van der Waals surface area contributed by atoms with Gasteiger partial charge in [-0.3, -0.25) is 4.90 Å². The van der Waals surface area contributed by atoms with Crippen molar-refractivity contribution in [3.63, 3.8) is 0 Å². The molecule has 5 heteroatoms. The van der Waals surface area contributed by atoms with E-state index in [9.17, 15) is 0 Å². The molecule has 0 radical (unpaired) electrons. The number of rotatable bonds is 6. The monoisotopic (exact) mass is 291 g/mol. The molecule has 1 aromatic heterocycles. The molecule has 0 saturated heterocycles. The number of methoxy groups -OCH3 is 1. The summed E-state index contributed by atoms with van der Waals surface area (Å²) < 4.78 is 5.30. The van der Waals surface area contributed by atoms with Gasteiger partial charge in [-0.1, -0.05) is 6.07 Å². The summed E-state index contributed by atoms with van der Waals surface area (Å²) in [5.74, 6) is 0.859. The van der Waals surface area contributed by atoms with Gasteiger partial charge in [-0.05, 0) is 31.7 Å². The van der Waals surface area contributed by atoms with E-state index >= 15 is 0 Å². The molecule has 0 saturated carbocycles. The minimum Gasteiger partial charge on any atom is -0.496 e. The molecular formula is C15H21N3OS. The number of thiazole rings is 1. The Morgan fingerprint density at radius 3 is 2.75 bits per heavy atom. The summed E-state index contributed by atoms with van der Waals surface area (Å²) in [6.45, 7) is 4.35. The fraction of sp³-hybridized carbons (Fsp3) is 0.400. The molecule has 2 N–H and O–H groups in total. The molecule has 1 aromatic carbocycles. The second-order valence-corrected chi connectivity index (χ2v) is 5.82. The molecule has 0 aliphatic carbocycles. The van der Waals surface area contributed by atoms with E-state index in [0.717, 1.165) is 30.1 Å². The summed E-state index contributed by atoms with van der Waals surface area (Å²) in [5, 5.41) is 0. The van der Waals surface area contributed by atoms with Gasteiger partial charge in [-0.25, -0.2) is 4.98 Å². The quantitative estimate of drug-likeness (QED) is 0.888. The molecule has 1 heterocycles. The third kappa shape index (κ3) is 3.56. The Bertz CT molecular complexity index is 568. The second kappa shape index (κ2) is 6.83. The minimum absolute atomic E-state index is 0.495. The average Bonchev–Trinajstić information content (AvgIpc) is 2.84. The van der Waals surface area contributed by atoms with Gasteiger partial charge in [-0.2, -0.15) is 0 Å². The number of hydrogen-bond acceptors (Lipinski definition) is 5. The van der Waals surface area contributed by atoms with E-state index in [-0.39, 0.29) is 0 Å². The van der Waals surface area contributed by atoms with Crippen LogP contribution in [0.15, 0.2) is 23.7 Å². The number of benzene rings is 1. The largest absolute Gasteiger partial charge is 0.496 e. The van der Waals surface area contributed by atoms with Crippen molar-refractivity contribution >= 4 is 11.3 Å². The van der Waals surface area contributed by atoms with Crippen LogP contribution in [0.5, 0.6) is 5.75 Å². The molecular weight excluding hydrogens is 270 g/mol. The van der Waals surface area contributed by atoms with Crippen molar-refractivity contribution in [2.24, 2.45) is 5.73 Å². The lowest BCUT2D eigenvalue weighted by Crippen LogP contribution is -2.17. The van der Waals surface area contributed by atoms with Gasteiger partial charge in [0.1, 0.15) is 5.75 Å². The zero-order chi connectivity index (χ0) is 14.5. The van der Waals surface area contributed by atoms with Crippen LogP contribution in [0.3, 0.4) is 0 Å². The predicted molar refractivity (Wildman–Crippen MR) is 82.9 cm³/mol. The molecule has 2 aromatic rings. The number of aromatic nitrogens is 1. The number of nitrogens with two attached hydrogens (primary N) is 1. The van der Waals surface area contributed by atoms with E-state index in [1.807, 2.05) is 11.6 Å². The first kappa shape index (κ1) is 15.0. The van der Waals surface area contributed by atoms with Gasteiger partial charge in [-0.15, -0.1) is 11.3 Å². The summed E-state index contributed by atoms with van der Waals surface area (Å²) >= 11 is 1.71. The fourth-order valence-corrected chi connectivity index (χ4v) is 3.04. The first-order valence-corrected chi connectivity index (χ1v) is 7.45. The topological polar surface area (TPSA) is 51.4 Å². The first-order chi connectivity index (χ1) is 9.63. The number of nitrogens with zero attached hydrogens (tertiary/aromatic N) is 2. The maximum Gasteiger partial charge on any atom is 0.123 e. The Balaban J connectivity index is 2.04. The molecule has 0 atom stereocenters. The first-order valence-electron chi connectivity index (χ1n) is 6.57. The second-order valence-electron chi connectivity index (χ2n) is 4.88. The van der Waals surface area contributed by atoms with Crippen molar-refractivity contribution in [2.75, 3.05) is 14.2 Å². The third-order valence-corrected chi connectivity index (χ3v) is 4.20. The van der Waals surface area contributed by atoms with Gasteiger partial charge in [0.15, 0.2) is 0 Å². The molecule has 20 heavy (non-hydrogen) atoms. The lowest BCUT2D eigenvalue weighted by Gasteiger charge is -2.17. The Kier molecular flexibility index (Phi) is 5.11.